The van der Waals surface area contributed by atoms with Crippen LogP contribution in [-0.4, -0.2) is 45.2 Å². The zero-order valence-electron chi connectivity index (χ0n) is 14.0. The maximum atomic E-state index is 12.8. The number of ether oxygens (including phenoxy) is 3. The fourth-order valence-electron chi connectivity index (χ4n) is 3.14. The molecule has 1 aliphatic heterocycles. The van der Waals surface area contributed by atoms with Gasteiger partial charge in [0.05, 0.1) is 21.3 Å². The van der Waals surface area contributed by atoms with E-state index in [1.807, 2.05) is 4.90 Å². The first kappa shape index (κ1) is 15.7. The average Bonchev–Trinajstić information content (AvgIpc) is 3.45. The van der Waals surface area contributed by atoms with Crippen LogP contribution in [0.4, 0.5) is 0 Å². The molecular formula is C18H23NO4. The predicted molar refractivity (Wildman–Crippen MR) is 87.5 cm³/mol. The van der Waals surface area contributed by atoms with E-state index in [9.17, 15) is 4.79 Å². The van der Waals surface area contributed by atoms with E-state index >= 15 is 0 Å². The molecule has 1 aliphatic carbocycles. The number of methoxy groups -OCH3 is 3. The molecule has 0 N–H and O–H groups in total. The van der Waals surface area contributed by atoms with Crippen LogP contribution in [0.25, 0.3) is 0 Å². The number of carbonyl (C=O) groups is 1. The van der Waals surface area contributed by atoms with Gasteiger partial charge in [-0.15, -0.1) is 0 Å². The third-order valence-corrected chi connectivity index (χ3v) is 4.57. The van der Waals surface area contributed by atoms with Gasteiger partial charge in [0.15, 0.2) is 11.5 Å². The Morgan fingerprint density at radius 1 is 0.870 bits per heavy atom. The van der Waals surface area contributed by atoms with E-state index in [0.29, 0.717) is 22.8 Å². The zero-order valence-corrected chi connectivity index (χ0v) is 14.0. The fourth-order valence-corrected chi connectivity index (χ4v) is 3.14. The molecule has 2 aliphatic rings. The number of likely N-dealkylation sites (tertiary alicyclic amines) is 1. The van der Waals surface area contributed by atoms with Crippen molar-refractivity contribution in [1.82, 2.24) is 4.90 Å². The second kappa shape index (κ2) is 6.52. The Kier molecular flexibility index (Phi) is 4.46. The van der Waals surface area contributed by atoms with E-state index < -0.39 is 0 Å². The number of hydrogen-bond donors (Lipinski definition) is 0. The number of piperidine rings is 1. The van der Waals surface area contributed by atoms with Gasteiger partial charge in [0.25, 0.3) is 5.91 Å². The van der Waals surface area contributed by atoms with Gasteiger partial charge in [0.2, 0.25) is 5.75 Å². The van der Waals surface area contributed by atoms with Gasteiger partial charge in [-0.2, -0.15) is 0 Å². The van der Waals surface area contributed by atoms with Gasteiger partial charge in [0.1, 0.15) is 0 Å². The molecule has 0 aromatic heterocycles. The average molecular weight is 317 g/mol. The second-order valence-corrected chi connectivity index (χ2v) is 5.91. The van der Waals surface area contributed by atoms with Gasteiger partial charge in [-0.1, -0.05) is 11.1 Å². The van der Waals surface area contributed by atoms with Crippen LogP contribution < -0.4 is 14.2 Å². The van der Waals surface area contributed by atoms with Crippen molar-refractivity contribution >= 4 is 5.91 Å². The molecule has 0 radical (unpaired) electrons. The van der Waals surface area contributed by atoms with Crippen LogP contribution in [0.1, 0.15) is 36.0 Å². The number of benzene rings is 1. The summed E-state index contributed by atoms with van der Waals surface area (Å²) >= 11 is 0. The van der Waals surface area contributed by atoms with Crippen molar-refractivity contribution in [3.8, 4) is 17.2 Å². The Morgan fingerprint density at radius 2 is 1.39 bits per heavy atom. The topological polar surface area (TPSA) is 48.0 Å². The Labute approximate surface area is 136 Å². The quantitative estimate of drug-likeness (QED) is 0.801. The molecule has 1 saturated carbocycles. The van der Waals surface area contributed by atoms with Gasteiger partial charge in [-0.25, -0.2) is 0 Å². The number of amides is 1. The highest BCUT2D eigenvalue weighted by Gasteiger charge is 2.26. The minimum Gasteiger partial charge on any atom is -0.493 e. The fraction of sp³-hybridized carbons (Fsp3) is 0.500. The van der Waals surface area contributed by atoms with Crippen molar-refractivity contribution in [2.45, 2.75) is 25.7 Å². The minimum atomic E-state index is 0.0177. The molecule has 1 amide bonds. The van der Waals surface area contributed by atoms with Gasteiger partial charge in [0, 0.05) is 18.7 Å². The molecule has 23 heavy (non-hydrogen) atoms. The lowest BCUT2D eigenvalue weighted by Gasteiger charge is -2.29. The molecule has 0 bridgehead atoms. The summed E-state index contributed by atoms with van der Waals surface area (Å²) in [6.45, 7) is 1.57. The lowest BCUT2D eigenvalue weighted by molar-refractivity contribution is 0.0742. The molecule has 1 saturated heterocycles. The van der Waals surface area contributed by atoms with E-state index in [4.69, 9.17) is 14.2 Å². The van der Waals surface area contributed by atoms with E-state index in [-0.39, 0.29) is 5.91 Å². The first-order valence-electron chi connectivity index (χ1n) is 7.97. The van der Waals surface area contributed by atoms with Crippen molar-refractivity contribution in [1.29, 1.82) is 0 Å². The van der Waals surface area contributed by atoms with Crippen LogP contribution in [0, 0.1) is 0 Å². The number of rotatable bonds is 4. The summed E-state index contributed by atoms with van der Waals surface area (Å²) < 4.78 is 16.0. The molecule has 3 rings (SSSR count). The number of carbonyl (C=O) groups excluding carboxylic acids is 1. The van der Waals surface area contributed by atoms with E-state index in [2.05, 4.69) is 0 Å². The Morgan fingerprint density at radius 3 is 1.83 bits per heavy atom. The summed E-state index contributed by atoms with van der Waals surface area (Å²) in [4.78, 5) is 14.7. The van der Waals surface area contributed by atoms with Crippen LogP contribution in [0.15, 0.2) is 23.3 Å². The standard InChI is InChI=1S/C18H23NO4/c1-21-15-10-14(11-16(22-2)17(15)23-3)18(20)19-8-6-13(7-9-19)12-4-5-12/h10-11H,4-9H2,1-3H3. The van der Waals surface area contributed by atoms with Crippen molar-refractivity contribution in [2.24, 2.45) is 0 Å². The van der Waals surface area contributed by atoms with Crippen molar-refractivity contribution in [2.75, 3.05) is 34.4 Å². The van der Waals surface area contributed by atoms with Crippen LogP contribution in [0.5, 0.6) is 17.2 Å². The molecule has 1 aromatic carbocycles. The first-order chi connectivity index (χ1) is 11.2. The molecule has 2 fully saturated rings. The first-order valence-corrected chi connectivity index (χ1v) is 7.97. The van der Waals surface area contributed by atoms with Crippen molar-refractivity contribution in [3.05, 3.63) is 28.8 Å². The van der Waals surface area contributed by atoms with Crippen LogP contribution in [0.2, 0.25) is 0 Å². The Bertz CT molecular complexity index is 609. The van der Waals surface area contributed by atoms with Gasteiger partial charge in [-0.05, 0) is 37.8 Å². The minimum absolute atomic E-state index is 0.0177. The molecule has 124 valence electrons. The molecule has 1 heterocycles. The zero-order chi connectivity index (χ0) is 16.4. The highest BCUT2D eigenvalue weighted by molar-refractivity contribution is 5.95. The maximum Gasteiger partial charge on any atom is 0.254 e. The van der Waals surface area contributed by atoms with Crippen LogP contribution in [0.3, 0.4) is 0 Å². The summed E-state index contributed by atoms with van der Waals surface area (Å²) in [6.07, 6.45) is 4.53. The van der Waals surface area contributed by atoms with Crippen molar-refractivity contribution in [3.63, 3.8) is 0 Å². The second-order valence-electron chi connectivity index (χ2n) is 5.91. The largest absolute Gasteiger partial charge is 0.493 e. The van der Waals surface area contributed by atoms with Gasteiger partial charge in [-0.3, -0.25) is 4.79 Å². The molecule has 1 aromatic rings. The molecule has 5 heteroatoms. The highest BCUT2D eigenvalue weighted by Crippen LogP contribution is 2.39. The Hall–Kier alpha value is -2.17. The van der Waals surface area contributed by atoms with Crippen LogP contribution >= 0.6 is 0 Å². The summed E-state index contributed by atoms with van der Waals surface area (Å²) in [6, 6.07) is 3.44. The maximum absolute atomic E-state index is 12.8. The van der Waals surface area contributed by atoms with Gasteiger partial charge < -0.3 is 19.1 Å². The monoisotopic (exact) mass is 317 g/mol. The van der Waals surface area contributed by atoms with E-state index in [1.165, 1.54) is 12.8 Å². The lowest BCUT2D eigenvalue weighted by Crippen LogP contribution is -2.36. The van der Waals surface area contributed by atoms with Crippen LogP contribution in [-0.2, 0) is 0 Å². The van der Waals surface area contributed by atoms with Gasteiger partial charge >= 0.3 is 0 Å². The number of hydrogen-bond acceptors (Lipinski definition) is 4. The molecule has 5 nitrogen and oxygen atoms in total. The molecule has 0 spiro atoms. The number of allylic oxidation sites excluding steroid dienone is 1. The predicted octanol–water partition coefficient (Wildman–Crippen LogP) is 3.04. The van der Waals surface area contributed by atoms with E-state index in [0.717, 1.165) is 25.9 Å². The third kappa shape index (κ3) is 3.14. The number of nitrogens with zero attached hydrogens (tertiary/aromatic N) is 1. The summed E-state index contributed by atoms with van der Waals surface area (Å²) in [7, 11) is 4.67. The summed E-state index contributed by atoms with van der Waals surface area (Å²) in [5.41, 5.74) is 3.76. The summed E-state index contributed by atoms with van der Waals surface area (Å²) in [5.74, 6) is 1.54. The Balaban J connectivity index is 1.80. The highest BCUT2D eigenvalue weighted by atomic mass is 16.5. The van der Waals surface area contributed by atoms with Crippen molar-refractivity contribution < 1.29 is 19.0 Å². The lowest BCUT2D eigenvalue weighted by atomic mass is 10.0. The molecular weight excluding hydrogens is 294 g/mol. The smallest absolute Gasteiger partial charge is 0.254 e. The summed E-state index contributed by atoms with van der Waals surface area (Å²) in [5, 5.41) is 0. The normalized spacial score (nSPS) is 17.1. The van der Waals surface area contributed by atoms with E-state index in [1.54, 1.807) is 44.6 Å². The molecule has 0 atom stereocenters. The third-order valence-electron chi connectivity index (χ3n) is 4.57. The molecule has 0 unspecified atom stereocenters. The SMILES string of the molecule is COc1cc(C(=O)N2CCC(=C3CC3)CC2)cc(OC)c1OC.